The maximum absolute atomic E-state index is 13.0. The molecule has 1 aliphatic heterocycles. The number of aromatic amines is 1. The summed E-state index contributed by atoms with van der Waals surface area (Å²) in [6.07, 6.45) is 2.48. The Morgan fingerprint density at radius 3 is 2.78 bits per heavy atom. The van der Waals surface area contributed by atoms with E-state index in [-0.39, 0.29) is 23.1 Å². The number of hydrogen-bond donors (Lipinski definition) is 1. The van der Waals surface area contributed by atoms with E-state index in [1.165, 1.54) is 11.2 Å². The second kappa shape index (κ2) is 6.68. The third-order valence-electron chi connectivity index (χ3n) is 4.98. The number of nitrogens with zero attached hydrogens (tertiary/aromatic N) is 4. The van der Waals surface area contributed by atoms with Gasteiger partial charge in [0.05, 0.1) is 22.9 Å². The van der Waals surface area contributed by atoms with Crippen LogP contribution in [0.2, 0.25) is 0 Å². The zero-order valence-corrected chi connectivity index (χ0v) is 15.5. The van der Waals surface area contributed by atoms with E-state index in [0.29, 0.717) is 17.6 Å². The van der Waals surface area contributed by atoms with Crippen molar-refractivity contribution in [2.24, 2.45) is 0 Å². The van der Waals surface area contributed by atoms with Crippen LogP contribution in [0.25, 0.3) is 11.0 Å². The van der Waals surface area contributed by atoms with Crippen LogP contribution < -0.4 is 0 Å². The van der Waals surface area contributed by atoms with Gasteiger partial charge < -0.3 is 4.98 Å². The molecule has 1 aliphatic rings. The molecule has 3 aromatic rings. The molecule has 27 heavy (non-hydrogen) atoms. The molecule has 1 aromatic carbocycles. The van der Waals surface area contributed by atoms with Gasteiger partial charge in [-0.15, -0.1) is 0 Å². The molecule has 2 aromatic heterocycles. The van der Waals surface area contributed by atoms with Gasteiger partial charge in [-0.1, -0.05) is 12.1 Å². The molecule has 10 heteroatoms. The van der Waals surface area contributed by atoms with Gasteiger partial charge in [0, 0.05) is 19.0 Å². The molecule has 0 radical (unpaired) electrons. The summed E-state index contributed by atoms with van der Waals surface area (Å²) in [5, 5.41) is 3.52. The van der Waals surface area contributed by atoms with Crippen molar-refractivity contribution >= 4 is 21.1 Å². The lowest BCUT2D eigenvalue weighted by Crippen LogP contribution is -2.39. The predicted molar refractivity (Wildman–Crippen MR) is 95.0 cm³/mol. The predicted octanol–water partition coefficient (Wildman–Crippen LogP) is 3.03. The van der Waals surface area contributed by atoms with Gasteiger partial charge in [0.1, 0.15) is 10.7 Å². The number of H-pyrrole nitrogens is 1. The van der Waals surface area contributed by atoms with Crippen molar-refractivity contribution in [2.75, 3.05) is 13.1 Å². The number of imidazole rings is 1. The molecule has 0 amide bonds. The molecule has 1 fully saturated rings. The minimum Gasteiger partial charge on any atom is -0.342 e. The van der Waals surface area contributed by atoms with E-state index >= 15 is 0 Å². The minimum atomic E-state index is -3.90. The highest BCUT2D eigenvalue weighted by Crippen LogP contribution is 2.31. The topological polar surface area (TPSA) is 83.9 Å². The quantitative estimate of drug-likeness (QED) is 0.736. The minimum absolute atomic E-state index is 0.0594. The third kappa shape index (κ3) is 3.12. The van der Waals surface area contributed by atoms with Crippen LogP contribution in [-0.4, -0.2) is 45.6 Å². The van der Waals surface area contributed by atoms with Gasteiger partial charge in [-0.3, -0.25) is 0 Å². The Bertz CT molecular complexity index is 1040. The second-order valence-electron chi connectivity index (χ2n) is 6.66. The highest BCUT2D eigenvalue weighted by atomic mass is 32.2. The van der Waals surface area contributed by atoms with Crippen LogP contribution in [0.15, 0.2) is 35.4 Å². The molecule has 144 valence electrons. The van der Waals surface area contributed by atoms with E-state index in [1.807, 2.05) is 24.3 Å². The number of sulfonamides is 1. The molecule has 1 atom stereocenters. The number of halogens is 2. The summed E-state index contributed by atoms with van der Waals surface area (Å²) in [6.45, 7) is -0.939. The summed E-state index contributed by atoms with van der Waals surface area (Å²) in [5.41, 5.74) is 1.68. The monoisotopic (exact) mass is 395 g/mol. The fraction of sp³-hybridized carbons (Fsp3) is 0.412. The number of aromatic nitrogens is 4. The molecule has 0 spiro atoms. The largest absolute Gasteiger partial charge is 0.342 e. The number of alkyl halides is 2. The van der Waals surface area contributed by atoms with Gasteiger partial charge in [0.15, 0.2) is 0 Å². The van der Waals surface area contributed by atoms with E-state index in [9.17, 15) is 17.2 Å². The lowest BCUT2D eigenvalue weighted by Gasteiger charge is -2.30. The lowest BCUT2D eigenvalue weighted by molar-refractivity contribution is 0.0541. The zero-order valence-electron chi connectivity index (χ0n) is 14.6. The molecule has 1 saturated heterocycles. The number of nitrogens with one attached hydrogen (secondary N) is 1. The number of fused-ring (bicyclic) bond motifs is 1. The van der Waals surface area contributed by atoms with Gasteiger partial charge in [0.2, 0.25) is 10.0 Å². The van der Waals surface area contributed by atoms with Crippen LogP contribution in [-0.2, 0) is 10.0 Å². The van der Waals surface area contributed by atoms with Crippen LogP contribution in [0, 0.1) is 6.92 Å². The van der Waals surface area contributed by atoms with Crippen molar-refractivity contribution in [3.63, 3.8) is 0 Å². The zero-order chi connectivity index (χ0) is 19.2. The Kier molecular flexibility index (Phi) is 4.47. The molecular formula is C17H19F2N5O2S. The average molecular weight is 395 g/mol. The van der Waals surface area contributed by atoms with Gasteiger partial charge in [0.25, 0.3) is 0 Å². The lowest BCUT2D eigenvalue weighted by atomic mass is 9.99. The summed E-state index contributed by atoms with van der Waals surface area (Å²) < 4.78 is 53.6. The van der Waals surface area contributed by atoms with Crippen molar-refractivity contribution in [3.05, 3.63) is 42.0 Å². The van der Waals surface area contributed by atoms with Gasteiger partial charge in [-0.25, -0.2) is 18.1 Å². The molecule has 3 heterocycles. The molecule has 0 unspecified atom stereocenters. The van der Waals surface area contributed by atoms with E-state index < -0.39 is 16.6 Å². The van der Waals surface area contributed by atoms with Crippen molar-refractivity contribution in [1.29, 1.82) is 0 Å². The molecule has 4 rings (SSSR count). The first kappa shape index (κ1) is 18.1. The first-order valence-electron chi connectivity index (χ1n) is 8.65. The summed E-state index contributed by atoms with van der Waals surface area (Å²) in [6, 6.07) is 7.62. The first-order chi connectivity index (χ1) is 12.9. The van der Waals surface area contributed by atoms with Crippen LogP contribution in [0.3, 0.4) is 0 Å². The molecule has 0 bridgehead atoms. The standard InChI is InChI=1S/C17H19F2N5O2S/c1-11-15(9-20-24(11)17(18)19)27(25,26)23-8-4-5-12(10-23)16-21-13-6-2-3-7-14(13)22-16/h2-3,6-7,9,12,17H,4-5,8,10H2,1H3,(H,21,22)/t12-/m1/s1. The molecule has 0 saturated carbocycles. The van der Waals surface area contributed by atoms with Crippen molar-refractivity contribution in [2.45, 2.75) is 37.1 Å². The normalized spacial score (nSPS) is 19.2. The first-order valence-corrected chi connectivity index (χ1v) is 10.1. The van der Waals surface area contributed by atoms with E-state index in [2.05, 4.69) is 15.1 Å². The summed E-state index contributed by atoms with van der Waals surface area (Å²) in [5.74, 6) is 0.669. The van der Waals surface area contributed by atoms with Crippen molar-refractivity contribution in [1.82, 2.24) is 24.1 Å². The van der Waals surface area contributed by atoms with Gasteiger partial charge in [-0.05, 0) is 31.9 Å². The highest BCUT2D eigenvalue weighted by molar-refractivity contribution is 7.89. The Morgan fingerprint density at radius 1 is 1.30 bits per heavy atom. The van der Waals surface area contributed by atoms with E-state index in [0.717, 1.165) is 29.5 Å². The van der Waals surface area contributed by atoms with E-state index in [1.54, 1.807) is 0 Å². The number of piperidine rings is 1. The second-order valence-corrected chi connectivity index (χ2v) is 8.56. The maximum Gasteiger partial charge on any atom is 0.333 e. The Hall–Kier alpha value is -2.33. The van der Waals surface area contributed by atoms with Crippen molar-refractivity contribution < 1.29 is 17.2 Å². The Morgan fingerprint density at radius 2 is 2.07 bits per heavy atom. The van der Waals surface area contributed by atoms with Crippen molar-refractivity contribution in [3.8, 4) is 0 Å². The smallest absolute Gasteiger partial charge is 0.333 e. The fourth-order valence-corrected chi connectivity index (χ4v) is 5.22. The van der Waals surface area contributed by atoms with Gasteiger partial charge >= 0.3 is 6.55 Å². The molecular weight excluding hydrogens is 376 g/mol. The summed E-state index contributed by atoms with van der Waals surface area (Å²) >= 11 is 0. The molecule has 1 N–H and O–H groups in total. The average Bonchev–Trinajstić information content (AvgIpc) is 3.25. The van der Waals surface area contributed by atoms with Crippen LogP contribution >= 0.6 is 0 Å². The number of rotatable bonds is 4. The highest BCUT2D eigenvalue weighted by Gasteiger charge is 2.34. The number of para-hydroxylation sites is 2. The Labute approximate surface area is 155 Å². The SMILES string of the molecule is Cc1c(S(=O)(=O)N2CCC[C@@H](c3nc4ccccc4[nH]3)C2)cnn1C(F)F. The third-order valence-corrected chi connectivity index (χ3v) is 6.95. The maximum atomic E-state index is 13.0. The van der Waals surface area contributed by atoms with Gasteiger partial charge in [-0.2, -0.15) is 18.2 Å². The Balaban J connectivity index is 1.62. The number of hydrogen-bond acceptors (Lipinski definition) is 4. The summed E-state index contributed by atoms with van der Waals surface area (Å²) in [7, 11) is -3.90. The van der Waals surface area contributed by atoms with Crippen LogP contribution in [0.5, 0.6) is 0 Å². The van der Waals surface area contributed by atoms with E-state index in [4.69, 9.17) is 0 Å². The molecule has 0 aliphatic carbocycles. The number of benzene rings is 1. The van der Waals surface area contributed by atoms with Crippen LogP contribution in [0.1, 0.15) is 36.8 Å². The fourth-order valence-electron chi connectivity index (χ4n) is 3.55. The molecule has 7 nitrogen and oxygen atoms in total. The summed E-state index contributed by atoms with van der Waals surface area (Å²) in [4.78, 5) is 7.66. The van der Waals surface area contributed by atoms with Crippen LogP contribution in [0.4, 0.5) is 8.78 Å².